The molecule has 2 atom stereocenters. The van der Waals surface area contributed by atoms with Gasteiger partial charge in [0.1, 0.15) is 0 Å². The van der Waals surface area contributed by atoms with Crippen LogP contribution in [0.15, 0.2) is 0 Å². The van der Waals surface area contributed by atoms with Crippen LogP contribution in [0, 0.1) is 0 Å². The minimum Gasteiger partial charge on any atom is -0.358 e. The van der Waals surface area contributed by atoms with Gasteiger partial charge in [0.25, 0.3) is 0 Å². The van der Waals surface area contributed by atoms with Crippen molar-refractivity contribution < 1.29 is 9.59 Å². The molecule has 5 heteroatoms. The van der Waals surface area contributed by atoms with Gasteiger partial charge in [-0.3, -0.25) is 14.9 Å². The first-order chi connectivity index (χ1) is 6.69. The molecule has 2 amide bonds. The largest absolute Gasteiger partial charge is 0.358 e. The van der Waals surface area contributed by atoms with E-state index in [1.165, 1.54) is 0 Å². The van der Waals surface area contributed by atoms with Crippen LogP contribution in [0.2, 0.25) is 0 Å². The average Bonchev–Trinajstić information content (AvgIpc) is 2.27. The lowest BCUT2D eigenvalue weighted by Gasteiger charge is -2.28. The molecule has 5 nitrogen and oxygen atoms in total. The molecular weight excluding hydrogens is 182 g/mol. The van der Waals surface area contributed by atoms with E-state index in [-0.39, 0.29) is 23.9 Å². The summed E-state index contributed by atoms with van der Waals surface area (Å²) < 4.78 is 0. The maximum Gasteiger partial charge on any atom is 0.236 e. The molecule has 1 rings (SSSR count). The van der Waals surface area contributed by atoms with Crippen LogP contribution in [0.3, 0.4) is 0 Å². The van der Waals surface area contributed by atoms with Gasteiger partial charge in [0.05, 0.1) is 12.1 Å². The fourth-order valence-electron chi connectivity index (χ4n) is 1.70. The molecule has 1 heterocycles. The third-order valence-corrected chi connectivity index (χ3v) is 2.51. The second-order valence-electron chi connectivity index (χ2n) is 3.43. The molecule has 0 radical (unpaired) electrons. The zero-order chi connectivity index (χ0) is 10.6. The highest BCUT2D eigenvalue weighted by atomic mass is 16.2. The summed E-state index contributed by atoms with van der Waals surface area (Å²) in [5.41, 5.74) is 0. The molecule has 0 aromatic heterocycles. The van der Waals surface area contributed by atoms with Crippen molar-refractivity contribution in [2.24, 2.45) is 0 Å². The average molecular weight is 199 g/mol. The standard InChI is InChI=1S/C9H17N3O2/c1-10-8(13)6-4-3-5-7(12-6)9(14)11-2/h6-7,12H,3-5H2,1-2H3,(H,10,13)(H,11,14). The Morgan fingerprint density at radius 1 is 1.07 bits per heavy atom. The highest BCUT2D eigenvalue weighted by Crippen LogP contribution is 2.12. The van der Waals surface area contributed by atoms with E-state index in [1.807, 2.05) is 0 Å². The van der Waals surface area contributed by atoms with Crippen molar-refractivity contribution in [3.8, 4) is 0 Å². The molecule has 0 aliphatic carbocycles. The van der Waals surface area contributed by atoms with Gasteiger partial charge in [-0.1, -0.05) is 0 Å². The molecule has 0 spiro atoms. The zero-order valence-corrected chi connectivity index (χ0v) is 8.59. The van der Waals surface area contributed by atoms with E-state index in [0.29, 0.717) is 0 Å². The van der Waals surface area contributed by atoms with Crippen LogP contribution in [-0.4, -0.2) is 38.0 Å². The van der Waals surface area contributed by atoms with Gasteiger partial charge < -0.3 is 10.6 Å². The summed E-state index contributed by atoms with van der Waals surface area (Å²) in [7, 11) is 3.21. The lowest BCUT2D eigenvalue weighted by atomic mass is 9.97. The quantitative estimate of drug-likeness (QED) is 0.533. The molecule has 0 bridgehead atoms. The maximum atomic E-state index is 11.3. The lowest BCUT2D eigenvalue weighted by molar-refractivity contribution is -0.126. The molecule has 0 aromatic carbocycles. The van der Waals surface area contributed by atoms with Crippen molar-refractivity contribution >= 4 is 11.8 Å². The van der Waals surface area contributed by atoms with Crippen molar-refractivity contribution in [2.75, 3.05) is 14.1 Å². The normalized spacial score (nSPS) is 26.7. The second-order valence-corrected chi connectivity index (χ2v) is 3.43. The number of hydrogen-bond donors (Lipinski definition) is 3. The summed E-state index contributed by atoms with van der Waals surface area (Å²) in [5.74, 6) is -0.0859. The fraction of sp³-hybridized carbons (Fsp3) is 0.778. The molecule has 1 saturated heterocycles. The fourth-order valence-corrected chi connectivity index (χ4v) is 1.70. The number of likely N-dealkylation sites (N-methyl/N-ethyl adjacent to an activating group) is 2. The van der Waals surface area contributed by atoms with Crippen molar-refractivity contribution in [3.63, 3.8) is 0 Å². The molecule has 1 aliphatic heterocycles. The van der Waals surface area contributed by atoms with E-state index in [2.05, 4.69) is 16.0 Å². The highest BCUT2D eigenvalue weighted by molar-refractivity contribution is 5.85. The minimum absolute atomic E-state index is 0.0430. The minimum atomic E-state index is -0.226. The number of rotatable bonds is 2. The molecule has 1 aliphatic rings. The Hall–Kier alpha value is -1.10. The Labute approximate surface area is 83.6 Å². The van der Waals surface area contributed by atoms with E-state index in [1.54, 1.807) is 14.1 Å². The Morgan fingerprint density at radius 3 is 1.86 bits per heavy atom. The molecule has 0 saturated carbocycles. The summed E-state index contributed by atoms with van der Waals surface area (Å²) in [5, 5.41) is 8.19. The molecular formula is C9H17N3O2. The van der Waals surface area contributed by atoms with E-state index in [4.69, 9.17) is 0 Å². The first-order valence-electron chi connectivity index (χ1n) is 4.88. The zero-order valence-electron chi connectivity index (χ0n) is 8.59. The van der Waals surface area contributed by atoms with E-state index < -0.39 is 0 Å². The van der Waals surface area contributed by atoms with E-state index >= 15 is 0 Å². The Balaban J connectivity index is 2.51. The number of carbonyl (C=O) groups is 2. The van der Waals surface area contributed by atoms with Crippen molar-refractivity contribution in [1.82, 2.24) is 16.0 Å². The Morgan fingerprint density at radius 2 is 1.50 bits per heavy atom. The van der Waals surface area contributed by atoms with Crippen LogP contribution < -0.4 is 16.0 Å². The molecule has 2 unspecified atom stereocenters. The monoisotopic (exact) mass is 199 g/mol. The van der Waals surface area contributed by atoms with Crippen LogP contribution in [0.4, 0.5) is 0 Å². The van der Waals surface area contributed by atoms with Gasteiger partial charge in [-0.2, -0.15) is 0 Å². The molecule has 3 N–H and O–H groups in total. The SMILES string of the molecule is CNC(=O)C1CCCC(C(=O)NC)N1. The van der Waals surface area contributed by atoms with Gasteiger partial charge in [0.2, 0.25) is 11.8 Å². The van der Waals surface area contributed by atoms with Gasteiger partial charge in [-0.15, -0.1) is 0 Å². The number of amides is 2. The summed E-state index contributed by atoms with van der Waals surface area (Å²) >= 11 is 0. The van der Waals surface area contributed by atoms with Gasteiger partial charge in [0.15, 0.2) is 0 Å². The second kappa shape index (κ2) is 4.95. The molecule has 1 fully saturated rings. The van der Waals surface area contributed by atoms with Gasteiger partial charge in [0, 0.05) is 14.1 Å². The summed E-state index contributed by atoms with van der Waals surface area (Å²) in [6.07, 6.45) is 2.50. The van der Waals surface area contributed by atoms with E-state index in [0.717, 1.165) is 19.3 Å². The Kier molecular flexibility index (Phi) is 3.88. The van der Waals surface area contributed by atoms with Gasteiger partial charge in [-0.25, -0.2) is 0 Å². The summed E-state index contributed by atoms with van der Waals surface area (Å²) in [6, 6.07) is -0.452. The first kappa shape index (κ1) is 11.0. The summed E-state index contributed by atoms with van der Waals surface area (Å²) in [4.78, 5) is 22.6. The highest BCUT2D eigenvalue weighted by Gasteiger charge is 2.28. The predicted octanol–water partition coefficient (Wildman–Crippen LogP) is -1.01. The van der Waals surface area contributed by atoms with Gasteiger partial charge in [-0.05, 0) is 19.3 Å². The number of piperidine rings is 1. The van der Waals surface area contributed by atoms with Crippen LogP contribution in [0.5, 0.6) is 0 Å². The predicted molar refractivity (Wildman–Crippen MR) is 52.7 cm³/mol. The van der Waals surface area contributed by atoms with E-state index in [9.17, 15) is 9.59 Å². The Bertz CT molecular complexity index is 208. The van der Waals surface area contributed by atoms with Crippen molar-refractivity contribution in [2.45, 2.75) is 31.3 Å². The molecule has 14 heavy (non-hydrogen) atoms. The van der Waals surface area contributed by atoms with Gasteiger partial charge >= 0.3 is 0 Å². The van der Waals surface area contributed by atoms with Crippen LogP contribution in [0.25, 0.3) is 0 Å². The smallest absolute Gasteiger partial charge is 0.236 e. The van der Waals surface area contributed by atoms with Crippen molar-refractivity contribution in [1.29, 1.82) is 0 Å². The lowest BCUT2D eigenvalue weighted by Crippen LogP contribution is -2.55. The molecule has 0 aromatic rings. The van der Waals surface area contributed by atoms with Crippen molar-refractivity contribution in [3.05, 3.63) is 0 Å². The maximum absolute atomic E-state index is 11.3. The molecule has 80 valence electrons. The van der Waals surface area contributed by atoms with Crippen LogP contribution in [0.1, 0.15) is 19.3 Å². The summed E-state index contributed by atoms with van der Waals surface area (Å²) in [6.45, 7) is 0. The third-order valence-electron chi connectivity index (χ3n) is 2.51. The topological polar surface area (TPSA) is 70.2 Å². The number of hydrogen-bond acceptors (Lipinski definition) is 3. The first-order valence-corrected chi connectivity index (χ1v) is 4.88. The third kappa shape index (κ3) is 2.45. The number of nitrogens with one attached hydrogen (secondary N) is 3. The number of carbonyl (C=O) groups excluding carboxylic acids is 2. The van der Waals surface area contributed by atoms with Crippen LogP contribution in [-0.2, 0) is 9.59 Å². The van der Waals surface area contributed by atoms with Crippen LogP contribution >= 0.6 is 0 Å².